The highest BCUT2D eigenvalue weighted by Crippen LogP contribution is 2.21. The first kappa shape index (κ1) is 11.5. The summed E-state index contributed by atoms with van der Waals surface area (Å²) in [5.74, 6) is -0.590. The van der Waals surface area contributed by atoms with Gasteiger partial charge in [0.15, 0.2) is 11.6 Å². The second-order valence-electron chi connectivity index (χ2n) is 3.76. The van der Waals surface area contributed by atoms with E-state index in [0.29, 0.717) is 11.4 Å². The van der Waals surface area contributed by atoms with E-state index >= 15 is 0 Å². The molecule has 0 saturated carbocycles. The van der Waals surface area contributed by atoms with Gasteiger partial charge in [-0.15, -0.1) is 10.2 Å². The molecule has 0 aliphatic rings. The second-order valence-corrected chi connectivity index (χ2v) is 3.76. The number of nitrogens with zero attached hydrogens (tertiary/aromatic N) is 3. The molecule has 0 spiro atoms. The lowest BCUT2D eigenvalue weighted by atomic mass is 10.2. The molecular formula is C11H12F2N4. The number of hydrogen-bond acceptors (Lipinski definition) is 3. The van der Waals surface area contributed by atoms with Crippen LogP contribution in [0.5, 0.6) is 0 Å². The Hall–Kier alpha value is -1.98. The van der Waals surface area contributed by atoms with Gasteiger partial charge in [-0.3, -0.25) is 0 Å². The average Bonchev–Trinajstić information content (AvgIpc) is 2.70. The van der Waals surface area contributed by atoms with Crippen LogP contribution in [-0.4, -0.2) is 14.8 Å². The van der Waals surface area contributed by atoms with Crippen molar-refractivity contribution in [3.63, 3.8) is 0 Å². The summed E-state index contributed by atoms with van der Waals surface area (Å²) in [5, 5.41) is 10.2. The minimum absolute atomic E-state index is 0.131. The topological polar surface area (TPSA) is 42.7 Å². The maximum Gasteiger partial charge on any atom is 0.152 e. The van der Waals surface area contributed by atoms with Crippen LogP contribution >= 0.6 is 0 Å². The maximum absolute atomic E-state index is 13.6. The lowest BCUT2D eigenvalue weighted by Crippen LogP contribution is -2.08. The van der Waals surface area contributed by atoms with Gasteiger partial charge in [0.1, 0.15) is 17.8 Å². The standard InChI is InChI=1S/C11H12F2N4/c1-7-3-4-8(12)11(10(7)13)14-5-9-16-15-6-17(9)2/h3-4,6,14H,5H2,1-2H3. The van der Waals surface area contributed by atoms with Crippen LogP contribution in [0.1, 0.15) is 11.4 Å². The van der Waals surface area contributed by atoms with Gasteiger partial charge in [-0.25, -0.2) is 8.78 Å². The van der Waals surface area contributed by atoms with Crippen molar-refractivity contribution in [2.45, 2.75) is 13.5 Å². The second kappa shape index (κ2) is 4.48. The van der Waals surface area contributed by atoms with E-state index in [1.165, 1.54) is 18.5 Å². The van der Waals surface area contributed by atoms with Crippen LogP contribution < -0.4 is 5.32 Å². The van der Waals surface area contributed by atoms with Crippen molar-refractivity contribution in [3.05, 3.63) is 41.5 Å². The third-order valence-corrected chi connectivity index (χ3v) is 2.51. The smallest absolute Gasteiger partial charge is 0.152 e. The number of aromatic nitrogens is 3. The molecule has 0 fully saturated rings. The van der Waals surface area contributed by atoms with Gasteiger partial charge >= 0.3 is 0 Å². The fraction of sp³-hybridized carbons (Fsp3) is 0.273. The summed E-state index contributed by atoms with van der Waals surface area (Å²) in [6, 6.07) is 2.63. The molecule has 1 aromatic heterocycles. The van der Waals surface area contributed by atoms with Crippen molar-refractivity contribution in [2.24, 2.45) is 7.05 Å². The molecule has 0 bridgehead atoms. The number of benzene rings is 1. The Bertz CT molecular complexity index is 536. The zero-order valence-corrected chi connectivity index (χ0v) is 9.54. The third-order valence-electron chi connectivity index (χ3n) is 2.51. The summed E-state index contributed by atoms with van der Waals surface area (Å²) in [4.78, 5) is 0. The quantitative estimate of drug-likeness (QED) is 0.889. The molecule has 90 valence electrons. The van der Waals surface area contributed by atoms with Crippen LogP contribution in [0.4, 0.5) is 14.5 Å². The summed E-state index contributed by atoms with van der Waals surface area (Å²) in [6.07, 6.45) is 1.53. The predicted molar refractivity (Wildman–Crippen MR) is 59.4 cm³/mol. The summed E-state index contributed by atoms with van der Waals surface area (Å²) >= 11 is 0. The average molecular weight is 238 g/mol. The van der Waals surface area contributed by atoms with Crippen molar-refractivity contribution in [2.75, 3.05) is 5.32 Å². The molecule has 1 aromatic carbocycles. The Kier molecular flexibility index (Phi) is 3.03. The van der Waals surface area contributed by atoms with E-state index in [9.17, 15) is 8.78 Å². The highest BCUT2D eigenvalue weighted by Gasteiger charge is 2.11. The Morgan fingerprint density at radius 3 is 2.76 bits per heavy atom. The lowest BCUT2D eigenvalue weighted by molar-refractivity contribution is 0.581. The number of aryl methyl sites for hydroxylation is 2. The van der Waals surface area contributed by atoms with Gasteiger partial charge in [-0.2, -0.15) is 0 Å². The Morgan fingerprint density at radius 1 is 1.35 bits per heavy atom. The van der Waals surface area contributed by atoms with Gasteiger partial charge in [0, 0.05) is 7.05 Å². The molecule has 0 aliphatic heterocycles. The molecule has 17 heavy (non-hydrogen) atoms. The molecule has 2 rings (SSSR count). The van der Waals surface area contributed by atoms with E-state index in [0.717, 1.165) is 0 Å². The highest BCUT2D eigenvalue weighted by molar-refractivity contribution is 5.48. The Balaban J connectivity index is 2.20. The van der Waals surface area contributed by atoms with E-state index in [1.807, 2.05) is 0 Å². The fourth-order valence-electron chi connectivity index (χ4n) is 1.45. The van der Waals surface area contributed by atoms with E-state index in [-0.39, 0.29) is 12.2 Å². The minimum atomic E-state index is -0.615. The zero-order chi connectivity index (χ0) is 12.4. The maximum atomic E-state index is 13.6. The van der Waals surface area contributed by atoms with E-state index in [1.54, 1.807) is 18.5 Å². The first-order valence-electron chi connectivity index (χ1n) is 5.11. The number of nitrogens with one attached hydrogen (secondary N) is 1. The molecule has 0 unspecified atom stereocenters. The molecule has 0 saturated heterocycles. The number of anilines is 1. The molecule has 6 heteroatoms. The van der Waals surface area contributed by atoms with Gasteiger partial charge in [-0.05, 0) is 18.6 Å². The molecule has 0 amide bonds. The Morgan fingerprint density at radius 2 is 2.12 bits per heavy atom. The zero-order valence-electron chi connectivity index (χ0n) is 9.54. The van der Waals surface area contributed by atoms with Gasteiger partial charge < -0.3 is 9.88 Å². The first-order chi connectivity index (χ1) is 8.09. The number of hydrogen-bond donors (Lipinski definition) is 1. The number of rotatable bonds is 3. The molecule has 4 nitrogen and oxygen atoms in total. The summed E-state index contributed by atoms with van der Waals surface area (Å²) < 4.78 is 28.7. The van der Waals surface area contributed by atoms with Crippen LogP contribution in [0.2, 0.25) is 0 Å². The van der Waals surface area contributed by atoms with Gasteiger partial charge in [0.25, 0.3) is 0 Å². The molecule has 1 heterocycles. The van der Waals surface area contributed by atoms with E-state index in [4.69, 9.17) is 0 Å². The van der Waals surface area contributed by atoms with Gasteiger partial charge in [0.2, 0.25) is 0 Å². The molecule has 0 aliphatic carbocycles. The molecule has 1 N–H and O–H groups in total. The van der Waals surface area contributed by atoms with Crippen molar-refractivity contribution in [1.82, 2.24) is 14.8 Å². The largest absolute Gasteiger partial charge is 0.373 e. The molecule has 0 radical (unpaired) electrons. The number of halogens is 2. The lowest BCUT2D eigenvalue weighted by Gasteiger charge is -2.09. The van der Waals surface area contributed by atoms with Crippen LogP contribution in [0.25, 0.3) is 0 Å². The molecule has 2 aromatic rings. The van der Waals surface area contributed by atoms with Crippen LogP contribution in [0, 0.1) is 18.6 Å². The van der Waals surface area contributed by atoms with Crippen LogP contribution in [0.3, 0.4) is 0 Å². The summed E-state index contributed by atoms with van der Waals surface area (Å²) in [5.41, 5.74) is 0.264. The van der Waals surface area contributed by atoms with E-state index in [2.05, 4.69) is 15.5 Å². The van der Waals surface area contributed by atoms with Crippen molar-refractivity contribution in [3.8, 4) is 0 Å². The highest BCUT2D eigenvalue weighted by atomic mass is 19.1. The molecular weight excluding hydrogens is 226 g/mol. The van der Waals surface area contributed by atoms with Crippen molar-refractivity contribution < 1.29 is 8.78 Å². The normalized spacial score (nSPS) is 10.6. The molecule has 0 atom stereocenters. The predicted octanol–water partition coefficient (Wildman–Crippen LogP) is 2.01. The van der Waals surface area contributed by atoms with Gasteiger partial charge in [-0.1, -0.05) is 6.07 Å². The van der Waals surface area contributed by atoms with E-state index < -0.39 is 11.6 Å². The van der Waals surface area contributed by atoms with Crippen LogP contribution in [0.15, 0.2) is 18.5 Å². The first-order valence-corrected chi connectivity index (χ1v) is 5.11. The fourth-order valence-corrected chi connectivity index (χ4v) is 1.45. The van der Waals surface area contributed by atoms with Crippen LogP contribution in [-0.2, 0) is 13.6 Å². The third kappa shape index (κ3) is 2.25. The monoisotopic (exact) mass is 238 g/mol. The Labute approximate surface area is 97.3 Å². The summed E-state index contributed by atoms with van der Waals surface area (Å²) in [7, 11) is 1.76. The van der Waals surface area contributed by atoms with Gasteiger partial charge in [0.05, 0.1) is 6.54 Å². The van der Waals surface area contributed by atoms with Crippen molar-refractivity contribution >= 4 is 5.69 Å². The minimum Gasteiger partial charge on any atom is -0.373 e. The SMILES string of the molecule is Cc1ccc(F)c(NCc2nncn2C)c1F. The van der Waals surface area contributed by atoms with Crippen molar-refractivity contribution in [1.29, 1.82) is 0 Å². The summed E-state index contributed by atoms with van der Waals surface area (Å²) in [6.45, 7) is 1.80.